The van der Waals surface area contributed by atoms with Crippen molar-refractivity contribution in [2.24, 2.45) is 5.41 Å². The van der Waals surface area contributed by atoms with E-state index in [0.29, 0.717) is 35.8 Å². The molecule has 31 heavy (non-hydrogen) atoms. The molecule has 2 unspecified atom stereocenters. The second-order valence-electron chi connectivity index (χ2n) is 7.78. The van der Waals surface area contributed by atoms with E-state index in [-0.39, 0.29) is 13.0 Å². The molecule has 0 radical (unpaired) electrons. The Hall–Kier alpha value is -3.46. The normalized spacial score (nSPS) is 25.2. The maximum absolute atomic E-state index is 14.7. The van der Waals surface area contributed by atoms with Crippen LogP contribution in [0.3, 0.4) is 0 Å². The van der Waals surface area contributed by atoms with Gasteiger partial charge in [-0.2, -0.15) is 0 Å². The molecule has 2 atom stereocenters. The third-order valence-corrected chi connectivity index (χ3v) is 6.27. The van der Waals surface area contributed by atoms with Crippen molar-refractivity contribution in [2.75, 3.05) is 36.7 Å². The first-order valence-corrected chi connectivity index (χ1v) is 9.93. The minimum Gasteiger partial charge on any atom is -0.497 e. The van der Waals surface area contributed by atoms with Gasteiger partial charge in [-0.1, -0.05) is 12.1 Å². The number of methoxy groups -OCH3 is 1. The van der Waals surface area contributed by atoms with Gasteiger partial charge in [0.05, 0.1) is 37.7 Å². The number of nitrogens with zero attached hydrogens (tertiary/aromatic N) is 2. The monoisotopic (exact) mass is 425 g/mol. The second-order valence-corrected chi connectivity index (χ2v) is 7.78. The SMILES string of the molecule is COc1ccc(N2C(=O)NC(=O)C3(Cc4cccc(F)c4N4CCOCC43)C2=O)cc1. The van der Waals surface area contributed by atoms with Gasteiger partial charge in [0, 0.05) is 13.0 Å². The summed E-state index contributed by atoms with van der Waals surface area (Å²) in [5.41, 5.74) is -0.390. The van der Waals surface area contributed by atoms with E-state index in [1.54, 1.807) is 41.3 Å². The maximum atomic E-state index is 14.7. The van der Waals surface area contributed by atoms with E-state index in [9.17, 15) is 18.8 Å². The number of para-hydroxylation sites is 1. The fraction of sp³-hybridized carbons (Fsp3) is 0.318. The van der Waals surface area contributed by atoms with Gasteiger partial charge in [-0.15, -0.1) is 0 Å². The van der Waals surface area contributed by atoms with Crippen LogP contribution in [0.4, 0.5) is 20.6 Å². The number of urea groups is 1. The molecule has 3 heterocycles. The maximum Gasteiger partial charge on any atom is 0.335 e. The number of benzene rings is 2. The van der Waals surface area contributed by atoms with Gasteiger partial charge in [-0.3, -0.25) is 14.9 Å². The van der Waals surface area contributed by atoms with Crippen LogP contribution in [0.15, 0.2) is 42.5 Å². The van der Waals surface area contributed by atoms with E-state index in [1.807, 2.05) is 0 Å². The van der Waals surface area contributed by atoms with Crippen molar-refractivity contribution >= 4 is 29.2 Å². The average Bonchev–Trinajstić information content (AvgIpc) is 2.78. The number of amides is 4. The second kappa shape index (κ2) is 7.05. The molecular formula is C22H20FN3O5. The molecule has 160 valence electrons. The number of anilines is 2. The predicted molar refractivity (Wildman–Crippen MR) is 109 cm³/mol. The van der Waals surface area contributed by atoms with E-state index in [1.165, 1.54) is 13.2 Å². The topological polar surface area (TPSA) is 88.2 Å². The third kappa shape index (κ3) is 2.73. The lowest BCUT2D eigenvalue weighted by Gasteiger charge is -2.53. The fourth-order valence-electron chi connectivity index (χ4n) is 4.79. The van der Waals surface area contributed by atoms with Gasteiger partial charge < -0.3 is 14.4 Å². The van der Waals surface area contributed by atoms with E-state index in [0.717, 1.165) is 4.90 Å². The number of hydrogen-bond donors (Lipinski definition) is 1. The van der Waals surface area contributed by atoms with Crippen molar-refractivity contribution in [2.45, 2.75) is 12.5 Å². The smallest absolute Gasteiger partial charge is 0.335 e. The Morgan fingerprint density at radius 2 is 1.94 bits per heavy atom. The molecule has 3 aliphatic heterocycles. The number of halogens is 1. The third-order valence-electron chi connectivity index (χ3n) is 6.27. The van der Waals surface area contributed by atoms with Crippen LogP contribution in [-0.2, 0) is 20.7 Å². The summed E-state index contributed by atoms with van der Waals surface area (Å²) in [5.74, 6) is -1.19. The number of imide groups is 2. The molecule has 2 aromatic rings. The van der Waals surface area contributed by atoms with Crippen LogP contribution in [0, 0.1) is 11.2 Å². The summed E-state index contributed by atoms with van der Waals surface area (Å²) in [6.07, 6.45) is -0.0325. The molecule has 0 bridgehead atoms. The molecule has 9 heteroatoms. The number of carbonyl (C=O) groups excluding carboxylic acids is 3. The average molecular weight is 425 g/mol. The Morgan fingerprint density at radius 3 is 2.68 bits per heavy atom. The number of morpholine rings is 1. The molecule has 5 rings (SSSR count). The van der Waals surface area contributed by atoms with Crippen molar-refractivity contribution < 1.29 is 28.2 Å². The number of ether oxygens (including phenoxy) is 2. The number of carbonyl (C=O) groups is 3. The number of rotatable bonds is 2. The van der Waals surface area contributed by atoms with Crippen molar-refractivity contribution in [1.29, 1.82) is 0 Å². The highest BCUT2D eigenvalue weighted by atomic mass is 19.1. The van der Waals surface area contributed by atoms with Crippen LogP contribution in [0.5, 0.6) is 5.75 Å². The number of nitrogens with one attached hydrogen (secondary N) is 1. The molecule has 0 aliphatic carbocycles. The van der Waals surface area contributed by atoms with Crippen LogP contribution in [0.25, 0.3) is 0 Å². The Morgan fingerprint density at radius 1 is 1.16 bits per heavy atom. The van der Waals surface area contributed by atoms with Crippen LogP contribution in [-0.4, -0.2) is 50.8 Å². The Labute approximate surface area is 177 Å². The standard InChI is InChI=1S/C22H20FN3O5/c1-30-15-7-5-14(6-8-15)26-20(28)22(19(27)24-21(26)29)11-13-3-2-4-16(23)18(13)25-9-10-31-12-17(22)25/h2-8,17H,9-12H2,1H3,(H,24,27,29). The van der Waals surface area contributed by atoms with E-state index < -0.39 is 35.1 Å². The molecule has 1 N–H and O–H groups in total. The van der Waals surface area contributed by atoms with Crippen LogP contribution < -0.4 is 19.9 Å². The predicted octanol–water partition coefficient (Wildman–Crippen LogP) is 1.86. The van der Waals surface area contributed by atoms with Crippen molar-refractivity contribution in [1.82, 2.24) is 5.32 Å². The fourth-order valence-corrected chi connectivity index (χ4v) is 4.79. The van der Waals surface area contributed by atoms with E-state index in [4.69, 9.17) is 9.47 Å². The van der Waals surface area contributed by atoms with Gasteiger partial charge >= 0.3 is 6.03 Å². The Bertz CT molecular complexity index is 1090. The number of barbiturate groups is 1. The highest BCUT2D eigenvalue weighted by molar-refractivity contribution is 6.30. The van der Waals surface area contributed by atoms with Gasteiger partial charge in [-0.25, -0.2) is 14.1 Å². The summed E-state index contributed by atoms with van der Waals surface area (Å²) < 4.78 is 25.5. The van der Waals surface area contributed by atoms with Gasteiger partial charge in [-0.05, 0) is 35.9 Å². The summed E-state index contributed by atoms with van der Waals surface area (Å²) in [6.45, 7) is 0.742. The lowest BCUT2D eigenvalue weighted by Crippen LogP contribution is -2.74. The van der Waals surface area contributed by atoms with Crippen LogP contribution in [0.1, 0.15) is 5.56 Å². The summed E-state index contributed by atoms with van der Waals surface area (Å²) in [4.78, 5) is 42.5. The first-order valence-electron chi connectivity index (χ1n) is 9.93. The summed E-state index contributed by atoms with van der Waals surface area (Å²) in [7, 11) is 1.51. The molecule has 0 saturated carbocycles. The zero-order chi connectivity index (χ0) is 21.8. The Kier molecular flexibility index (Phi) is 4.44. The minimum absolute atomic E-state index is 0.0325. The van der Waals surface area contributed by atoms with Crippen LogP contribution >= 0.6 is 0 Å². The zero-order valence-electron chi connectivity index (χ0n) is 16.8. The molecule has 8 nitrogen and oxygen atoms in total. The van der Waals surface area contributed by atoms with Gasteiger partial charge in [0.2, 0.25) is 5.91 Å². The minimum atomic E-state index is -1.63. The van der Waals surface area contributed by atoms with Crippen molar-refractivity contribution in [3.8, 4) is 5.75 Å². The van der Waals surface area contributed by atoms with Crippen LogP contribution in [0.2, 0.25) is 0 Å². The largest absolute Gasteiger partial charge is 0.497 e. The molecule has 1 spiro atoms. The molecule has 2 saturated heterocycles. The highest BCUT2D eigenvalue weighted by Crippen LogP contribution is 2.46. The van der Waals surface area contributed by atoms with Crippen molar-refractivity contribution in [3.63, 3.8) is 0 Å². The summed E-state index contributed by atoms with van der Waals surface area (Å²) in [5, 5.41) is 2.35. The summed E-state index contributed by atoms with van der Waals surface area (Å²) in [6, 6.07) is 9.46. The number of hydrogen-bond acceptors (Lipinski definition) is 6. The molecule has 2 fully saturated rings. The first-order chi connectivity index (χ1) is 15.0. The molecule has 4 amide bonds. The zero-order valence-corrected chi connectivity index (χ0v) is 16.8. The quantitative estimate of drug-likeness (QED) is 0.739. The number of fused-ring (bicyclic) bond motifs is 4. The van der Waals surface area contributed by atoms with Gasteiger partial charge in [0.1, 0.15) is 11.6 Å². The van der Waals surface area contributed by atoms with Gasteiger partial charge in [0.25, 0.3) is 5.91 Å². The highest BCUT2D eigenvalue weighted by Gasteiger charge is 2.63. The lowest BCUT2D eigenvalue weighted by atomic mass is 9.68. The lowest BCUT2D eigenvalue weighted by molar-refractivity contribution is -0.147. The molecule has 2 aromatic carbocycles. The molecular weight excluding hydrogens is 405 g/mol. The molecule has 3 aliphatic rings. The van der Waals surface area contributed by atoms with Gasteiger partial charge in [0.15, 0.2) is 5.41 Å². The molecule has 0 aromatic heterocycles. The first kappa shape index (κ1) is 19.5. The Balaban J connectivity index is 1.64. The van der Waals surface area contributed by atoms with Crippen molar-refractivity contribution in [3.05, 3.63) is 53.8 Å². The summed E-state index contributed by atoms with van der Waals surface area (Å²) >= 11 is 0. The van der Waals surface area contributed by atoms with E-state index in [2.05, 4.69) is 5.32 Å². The van der Waals surface area contributed by atoms with E-state index >= 15 is 0 Å².